The minimum atomic E-state index is -0.490. The molecule has 148 valence electrons. The van der Waals surface area contributed by atoms with Gasteiger partial charge in [-0.2, -0.15) is 5.26 Å². The van der Waals surface area contributed by atoms with Crippen molar-refractivity contribution in [2.45, 2.75) is 6.92 Å². The zero-order chi connectivity index (χ0) is 21.3. The van der Waals surface area contributed by atoms with E-state index in [1.165, 1.54) is 18.5 Å². The number of nitrogens with zero attached hydrogens (tertiary/aromatic N) is 6. The van der Waals surface area contributed by atoms with Gasteiger partial charge in [-0.1, -0.05) is 17.7 Å². The standard InChI is InChI=1S/C21H15ClFN7/c1-2-30(21-14(9-24)20(25)28-11-29-21)17-10-27-19-13(7-12(23)8-15(19)22)18(17)16-5-3-4-6-26-16/h3-8,10-11H,2H2,1H3,(H2,25,28,29). The molecule has 30 heavy (non-hydrogen) atoms. The molecule has 0 bridgehead atoms. The lowest BCUT2D eigenvalue weighted by Crippen LogP contribution is -2.21. The second-order valence-electron chi connectivity index (χ2n) is 6.33. The van der Waals surface area contributed by atoms with E-state index in [0.717, 1.165) is 0 Å². The van der Waals surface area contributed by atoms with E-state index in [2.05, 4.69) is 26.0 Å². The molecule has 3 heterocycles. The van der Waals surface area contributed by atoms with Gasteiger partial charge in [-0.05, 0) is 31.2 Å². The Bertz CT molecular complexity index is 1290. The number of anilines is 3. The lowest BCUT2D eigenvalue weighted by molar-refractivity contribution is 0.629. The number of nitrogens with two attached hydrogens (primary N) is 1. The molecule has 0 unspecified atom stereocenters. The van der Waals surface area contributed by atoms with Gasteiger partial charge >= 0.3 is 0 Å². The van der Waals surface area contributed by atoms with Crippen LogP contribution in [0.25, 0.3) is 22.2 Å². The molecule has 1 aromatic carbocycles. The highest BCUT2D eigenvalue weighted by Crippen LogP contribution is 2.40. The molecule has 0 spiro atoms. The zero-order valence-electron chi connectivity index (χ0n) is 15.8. The lowest BCUT2D eigenvalue weighted by Gasteiger charge is -2.26. The van der Waals surface area contributed by atoms with Gasteiger partial charge in [0.05, 0.1) is 28.1 Å². The first-order valence-corrected chi connectivity index (χ1v) is 9.40. The van der Waals surface area contributed by atoms with E-state index in [1.54, 1.807) is 23.4 Å². The third-order valence-electron chi connectivity index (χ3n) is 4.62. The fourth-order valence-corrected chi connectivity index (χ4v) is 3.59. The second kappa shape index (κ2) is 7.89. The van der Waals surface area contributed by atoms with Crippen molar-refractivity contribution in [3.8, 4) is 17.3 Å². The highest BCUT2D eigenvalue weighted by Gasteiger charge is 2.23. The van der Waals surface area contributed by atoms with Crippen LogP contribution in [0.4, 0.5) is 21.7 Å². The molecule has 3 aromatic heterocycles. The number of rotatable bonds is 4. The predicted octanol–water partition coefficient (Wildman–Crippen LogP) is 4.49. The van der Waals surface area contributed by atoms with E-state index in [0.29, 0.717) is 40.2 Å². The highest BCUT2D eigenvalue weighted by atomic mass is 35.5. The van der Waals surface area contributed by atoms with Crippen LogP contribution in [0, 0.1) is 17.1 Å². The third kappa shape index (κ3) is 3.25. The molecule has 0 radical (unpaired) electrons. The average Bonchev–Trinajstić information content (AvgIpc) is 2.74. The molecule has 0 saturated carbocycles. The summed E-state index contributed by atoms with van der Waals surface area (Å²) in [7, 11) is 0. The van der Waals surface area contributed by atoms with Crippen LogP contribution in [0.15, 0.2) is 49.1 Å². The molecular formula is C21H15ClFN7. The first-order valence-electron chi connectivity index (χ1n) is 9.02. The Hall–Kier alpha value is -3.83. The average molecular weight is 420 g/mol. The van der Waals surface area contributed by atoms with Gasteiger partial charge in [0.15, 0.2) is 5.82 Å². The largest absolute Gasteiger partial charge is 0.382 e. The van der Waals surface area contributed by atoms with Crippen LogP contribution in [-0.2, 0) is 0 Å². The maximum absolute atomic E-state index is 14.3. The number of nitrogen functional groups attached to an aromatic ring is 1. The Labute approximate surface area is 176 Å². The predicted molar refractivity (Wildman–Crippen MR) is 114 cm³/mol. The van der Waals surface area contributed by atoms with Gasteiger partial charge in [-0.15, -0.1) is 0 Å². The molecule has 0 aliphatic heterocycles. The van der Waals surface area contributed by atoms with Gasteiger partial charge < -0.3 is 10.6 Å². The Kier molecular flexibility index (Phi) is 5.12. The van der Waals surface area contributed by atoms with Crippen molar-refractivity contribution in [1.29, 1.82) is 5.26 Å². The van der Waals surface area contributed by atoms with Crippen LogP contribution >= 0.6 is 11.6 Å². The molecule has 0 amide bonds. The van der Waals surface area contributed by atoms with Crippen LogP contribution in [-0.4, -0.2) is 26.5 Å². The van der Waals surface area contributed by atoms with Gasteiger partial charge in [0.1, 0.15) is 29.6 Å². The molecule has 0 saturated heterocycles. The minimum Gasteiger partial charge on any atom is -0.382 e. The molecular weight excluding hydrogens is 405 g/mol. The normalized spacial score (nSPS) is 10.7. The van der Waals surface area contributed by atoms with Gasteiger partial charge in [-0.25, -0.2) is 14.4 Å². The summed E-state index contributed by atoms with van der Waals surface area (Å²) in [4.78, 5) is 18.8. The fraction of sp³-hybridized carbons (Fsp3) is 0.0952. The van der Waals surface area contributed by atoms with Crippen LogP contribution in [0.1, 0.15) is 12.5 Å². The highest BCUT2D eigenvalue weighted by molar-refractivity contribution is 6.35. The van der Waals surface area contributed by atoms with E-state index < -0.39 is 5.82 Å². The quantitative estimate of drug-likeness (QED) is 0.519. The number of aromatic nitrogens is 4. The topological polar surface area (TPSA) is 105 Å². The molecule has 9 heteroatoms. The summed E-state index contributed by atoms with van der Waals surface area (Å²) in [6.07, 6.45) is 4.55. The van der Waals surface area contributed by atoms with Gasteiger partial charge in [0.2, 0.25) is 0 Å². The number of hydrogen-bond acceptors (Lipinski definition) is 7. The molecule has 0 fully saturated rings. The van der Waals surface area contributed by atoms with Crippen LogP contribution < -0.4 is 10.6 Å². The number of pyridine rings is 2. The maximum atomic E-state index is 14.3. The number of hydrogen-bond donors (Lipinski definition) is 1. The number of halogens is 2. The molecule has 0 atom stereocenters. The summed E-state index contributed by atoms with van der Waals surface area (Å²) in [5, 5.41) is 10.3. The number of benzene rings is 1. The Morgan fingerprint density at radius 2 is 2.03 bits per heavy atom. The summed E-state index contributed by atoms with van der Waals surface area (Å²) in [5.74, 6) is -0.0906. The van der Waals surface area contributed by atoms with E-state index in [1.807, 2.05) is 19.1 Å². The van der Waals surface area contributed by atoms with Gasteiger partial charge in [0.25, 0.3) is 0 Å². The van der Waals surface area contributed by atoms with Gasteiger partial charge in [-0.3, -0.25) is 9.97 Å². The van der Waals surface area contributed by atoms with Crippen LogP contribution in [0.5, 0.6) is 0 Å². The Morgan fingerprint density at radius 1 is 1.20 bits per heavy atom. The summed E-state index contributed by atoms with van der Waals surface area (Å²) in [6, 6.07) is 10.1. The third-order valence-corrected chi connectivity index (χ3v) is 4.91. The molecule has 0 aliphatic rings. The zero-order valence-corrected chi connectivity index (χ0v) is 16.6. The molecule has 2 N–H and O–H groups in total. The van der Waals surface area contributed by atoms with Crippen LogP contribution in [0.2, 0.25) is 5.02 Å². The monoisotopic (exact) mass is 419 g/mol. The van der Waals surface area contributed by atoms with E-state index >= 15 is 0 Å². The van der Waals surface area contributed by atoms with E-state index in [-0.39, 0.29) is 16.4 Å². The number of nitriles is 1. The van der Waals surface area contributed by atoms with Crippen molar-refractivity contribution in [3.63, 3.8) is 0 Å². The molecule has 0 aliphatic carbocycles. The lowest BCUT2D eigenvalue weighted by atomic mass is 10.0. The SMILES string of the molecule is CCN(c1cnc2c(Cl)cc(F)cc2c1-c1ccccn1)c1ncnc(N)c1C#N. The molecule has 4 aromatic rings. The molecule has 7 nitrogen and oxygen atoms in total. The van der Waals surface area contributed by atoms with Crippen molar-refractivity contribution in [3.05, 3.63) is 65.5 Å². The summed E-state index contributed by atoms with van der Waals surface area (Å²) in [6.45, 7) is 2.33. The van der Waals surface area contributed by atoms with Crippen LogP contribution in [0.3, 0.4) is 0 Å². The first-order chi connectivity index (χ1) is 14.5. The number of fused-ring (bicyclic) bond motifs is 1. The summed E-state index contributed by atoms with van der Waals surface area (Å²) < 4.78 is 14.3. The van der Waals surface area contributed by atoms with Crippen molar-refractivity contribution >= 4 is 39.8 Å². The Balaban J connectivity index is 2.09. The summed E-state index contributed by atoms with van der Waals surface area (Å²) >= 11 is 6.26. The summed E-state index contributed by atoms with van der Waals surface area (Å²) in [5.41, 5.74) is 8.27. The smallest absolute Gasteiger partial charge is 0.156 e. The van der Waals surface area contributed by atoms with E-state index in [4.69, 9.17) is 17.3 Å². The van der Waals surface area contributed by atoms with Gasteiger partial charge in [0, 0.05) is 23.7 Å². The maximum Gasteiger partial charge on any atom is 0.156 e. The van der Waals surface area contributed by atoms with Crippen molar-refractivity contribution < 1.29 is 4.39 Å². The van der Waals surface area contributed by atoms with Crippen molar-refractivity contribution in [1.82, 2.24) is 19.9 Å². The second-order valence-corrected chi connectivity index (χ2v) is 6.74. The minimum absolute atomic E-state index is 0.0724. The van der Waals surface area contributed by atoms with Crippen molar-refractivity contribution in [2.24, 2.45) is 0 Å². The first kappa shape index (κ1) is 19.5. The fourth-order valence-electron chi connectivity index (χ4n) is 3.34. The van der Waals surface area contributed by atoms with Crippen molar-refractivity contribution in [2.75, 3.05) is 17.2 Å². The molecule has 4 rings (SSSR count). The Morgan fingerprint density at radius 3 is 2.73 bits per heavy atom. The van der Waals surface area contributed by atoms with E-state index in [9.17, 15) is 9.65 Å².